The van der Waals surface area contributed by atoms with Crippen LogP contribution in [-0.2, 0) is 9.53 Å². The van der Waals surface area contributed by atoms with Gasteiger partial charge in [-0.05, 0) is 43.7 Å². The molecule has 2 atom stereocenters. The largest absolute Gasteiger partial charge is 0.508 e. The zero-order valence-corrected chi connectivity index (χ0v) is 13.8. The van der Waals surface area contributed by atoms with E-state index < -0.39 is 17.6 Å². The lowest BCUT2D eigenvalue weighted by Gasteiger charge is -2.33. The molecule has 2 aliphatic rings. The molecule has 2 N–H and O–H groups in total. The molecular weight excluding hydrogens is 308 g/mol. The Morgan fingerprint density at radius 3 is 2.42 bits per heavy atom. The number of aliphatic hydroxyl groups is 2. The van der Waals surface area contributed by atoms with E-state index in [1.165, 1.54) is 12.3 Å². The first-order valence-corrected chi connectivity index (χ1v) is 7.71. The Morgan fingerprint density at radius 2 is 1.83 bits per heavy atom. The normalized spacial score (nSPS) is 23.5. The average molecular weight is 328 g/mol. The van der Waals surface area contributed by atoms with Crippen LogP contribution >= 0.6 is 0 Å². The summed E-state index contributed by atoms with van der Waals surface area (Å²) in [6, 6.07) is 7.12. The molecule has 1 aromatic rings. The Morgan fingerprint density at radius 1 is 1.17 bits per heavy atom. The van der Waals surface area contributed by atoms with Crippen molar-refractivity contribution >= 4 is 11.4 Å². The molecule has 0 amide bonds. The van der Waals surface area contributed by atoms with Gasteiger partial charge in [0, 0.05) is 5.57 Å². The highest BCUT2D eigenvalue weighted by molar-refractivity contribution is 6.23. The lowest BCUT2D eigenvalue weighted by Crippen LogP contribution is -2.37. The van der Waals surface area contributed by atoms with E-state index in [0.29, 0.717) is 16.9 Å². The second-order valence-corrected chi connectivity index (χ2v) is 6.44. The molecule has 1 aliphatic carbocycles. The van der Waals surface area contributed by atoms with E-state index in [1.807, 2.05) is 0 Å². The standard InChI is InChI=1S/C19H20O5/c1-19(2,22)15-9-17-13(8-16(15)20)18(21)14(10-24-17)11-4-6-12(23-3)7-5-11/h4-10,13,17,20,22H,1-3H3. The van der Waals surface area contributed by atoms with E-state index in [0.717, 1.165) is 5.56 Å². The molecule has 5 nitrogen and oxygen atoms in total. The van der Waals surface area contributed by atoms with Crippen molar-refractivity contribution in [1.29, 1.82) is 0 Å². The molecule has 0 spiro atoms. The van der Waals surface area contributed by atoms with E-state index in [1.54, 1.807) is 51.3 Å². The molecule has 1 aromatic carbocycles. The highest BCUT2D eigenvalue weighted by Gasteiger charge is 2.39. The second kappa shape index (κ2) is 5.83. The van der Waals surface area contributed by atoms with Crippen molar-refractivity contribution in [3.63, 3.8) is 0 Å². The van der Waals surface area contributed by atoms with E-state index in [9.17, 15) is 15.0 Å². The Hall–Kier alpha value is -2.53. The van der Waals surface area contributed by atoms with Gasteiger partial charge in [-0.15, -0.1) is 0 Å². The van der Waals surface area contributed by atoms with Crippen LogP contribution in [0.2, 0.25) is 0 Å². The summed E-state index contributed by atoms with van der Waals surface area (Å²) in [5.74, 6) is -0.127. The monoisotopic (exact) mass is 328 g/mol. The minimum atomic E-state index is -1.21. The van der Waals surface area contributed by atoms with Gasteiger partial charge in [0.2, 0.25) is 0 Å². The molecule has 0 fully saturated rings. The van der Waals surface area contributed by atoms with Crippen molar-refractivity contribution in [2.75, 3.05) is 7.11 Å². The van der Waals surface area contributed by atoms with Crippen LogP contribution in [0.15, 0.2) is 54.0 Å². The maximum absolute atomic E-state index is 12.8. The van der Waals surface area contributed by atoms with E-state index >= 15 is 0 Å². The summed E-state index contributed by atoms with van der Waals surface area (Å²) >= 11 is 0. The van der Waals surface area contributed by atoms with Crippen LogP contribution in [0.1, 0.15) is 19.4 Å². The molecule has 0 saturated heterocycles. The smallest absolute Gasteiger partial charge is 0.177 e. The number of fused-ring (bicyclic) bond motifs is 1. The molecule has 0 bridgehead atoms. The van der Waals surface area contributed by atoms with Gasteiger partial charge in [-0.1, -0.05) is 12.1 Å². The topological polar surface area (TPSA) is 76.0 Å². The van der Waals surface area contributed by atoms with E-state index in [-0.39, 0.29) is 11.5 Å². The molecule has 0 aromatic heterocycles. The number of methoxy groups -OCH3 is 1. The summed E-state index contributed by atoms with van der Waals surface area (Å²) in [6.07, 6.45) is 3.98. The average Bonchev–Trinajstić information content (AvgIpc) is 2.54. The first-order chi connectivity index (χ1) is 11.3. The van der Waals surface area contributed by atoms with Crippen LogP contribution in [0.25, 0.3) is 5.57 Å². The van der Waals surface area contributed by atoms with Gasteiger partial charge in [0.15, 0.2) is 5.78 Å². The zero-order valence-electron chi connectivity index (χ0n) is 13.8. The van der Waals surface area contributed by atoms with E-state index in [2.05, 4.69) is 0 Å². The number of allylic oxidation sites excluding steroid dienone is 1. The predicted octanol–water partition coefficient (Wildman–Crippen LogP) is 2.77. The number of hydrogen-bond acceptors (Lipinski definition) is 5. The van der Waals surface area contributed by atoms with Crippen molar-refractivity contribution in [2.45, 2.75) is 25.6 Å². The van der Waals surface area contributed by atoms with Crippen LogP contribution in [0, 0.1) is 5.92 Å². The number of Topliss-reactive ketones (excluding diaryl/α,β-unsaturated/α-hetero) is 1. The van der Waals surface area contributed by atoms with Crippen LogP contribution in [-0.4, -0.2) is 34.8 Å². The third kappa shape index (κ3) is 2.83. The van der Waals surface area contributed by atoms with Crippen LogP contribution in [0.5, 0.6) is 5.75 Å². The van der Waals surface area contributed by atoms with Crippen LogP contribution < -0.4 is 4.74 Å². The summed E-state index contributed by atoms with van der Waals surface area (Å²) in [7, 11) is 1.58. The molecule has 1 aliphatic heterocycles. The fourth-order valence-corrected chi connectivity index (χ4v) is 2.94. The van der Waals surface area contributed by atoms with Gasteiger partial charge >= 0.3 is 0 Å². The van der Waals surface area contributed by atoms with Gasteiger partial charge in [-0.2, -0.15) is 0 Å². The highest BCUT2D eigenvalue weighted by Crippen LogP contribution is 2.36. The number of carbonyl (C=O) groups excluding carboxylic acids is 1. The molecule has 1 heterocycles. The summed E-state index contributed by atoms with van der Waals surface area (Å²) < 4.78 is 10.8. The van der Waals surface area contributed by atoms with Gasteiger partial charge in [0.25, 0.3) is 0 Å². The highest BCUT2D eigenvalue weighted by atomic mass is 16.5. The van der Waals surface area contributed by atoms with Gasteiger partial charge < -0.3 is 19.7 Å². The number of hydrogen-bond donors (Lipinski definition) is 2. The molecule has 3 rings (SSSR count). The van der Waals surface area contributed by atoms with Crippen molar-refractivity contribution in [3.05, 3.63) is 59.6 Å². The number of benzene rings is 1. The first kappa shape index (κ1) is 16.3. The Balaban J connectivity index is 1.93. The summed E-state index contributed by atoms with van der Waals surface area (Å²) in [4.78, 5) is 12.8. The number of carbonyl (C=O) groups is 1. The number of ether oxygens (including phenoxy) is 2. The van der Waals surface area contributed by atoms with Gasteiger partial charge in [0.1, 0.15) is 17.6 Å². The van der Waals surface area contributed by atoms with Crippen LogP contribution in [0.4, 0.5) is 0 Å². The van der Waals surface area contributed by atoms with Gasteiger partial charge in [-0.3, -0.25) is 4.79 Å². The summed E-state index contributed by atoms with van der Waals surface area (Å²) in [6.45, 7) is 3.15. The SMILES string of the molecule is COc1ccc(C2=COC3C=C(C(C)(C)O)C(O)=CC3C2=O)cc1. The van der Waals surface area contributed by atoms with Crippen molar-refractivity contribution in [3.8, 4) is 5.75 Å². The number of ketones is 1. The summed E-state index contributed by atoms with van der Waals surface area (Å²) in [5, 5.41) is 20.3. The van der Waals surface area contributed by atoms with Gasteiger partial charge in [-0.25, -0.2) is 0 Å². The zero-order chi connectivity index (χ0) is 17.5. The number of aliphatic hydroxyl groups excluding tert-OH is 1. The molecule has 0 saturated carbocycles. The van der Waals surface area contributed by atoms with E-state index in [4.69, 9.17) is 9.47 Å². The minimum Gasteiger partial charge on any atom is -0.508 e. The van der Waals surface area contributed by atoms with Gasteiger partial charge in [0.05, 0.1) is 30.5 Å². The Bertz CT molecular complexity index is 747. The predicted molar refractivity (Wildman–Crippen MR) is 89.4 cm³/mol. The Kier molecular flexibility index (Phi) is 3.97. The maximum Gasteiger partial charge on any atom is 0.177 e. The molecule has 5 heteroatoms. The second-order valence-electron chi connectivity index (χ2n) is 6.44. The molecule has 24 heavy (non-hydrogen) atoms. The fraction of sp³-hybridized carbons (Fsp3) is 0.316. The molecule has 2 unspecified atom stereocenters. The third-order valence-electron chi connectivity index (χ3n) is 4.27. The van der Waals surface area contributed by atoms with Crippen molar-refractivity contribution in [2.24, 2.45) is 5.92 Å². The lowest BCUT2D eigenvalue weighted by atomic mass is 9.80. The fourth-order valence-electron chi connectivity index (χ4n) is 2.94. The minimum absolute atomic E-state index is 0.0864. The van der Waals surface area contributed by atoms with Crippen molar-refractivity contribution < 1.29 is 24.5 Å². The lowest BCUT2D eigenvalue weighted by molar-refractivity contribution is -0.119. The molecule has 0 radical (unpaired) electrons. The molecule has 126 valence electrons. The maximum atomic E-state index is 12.8. The number of rotatable bonds is 3. The Labute approximate surface area is 140 Å². The quantitative estimate of drug-likeness (QED) is 0.892. The van der Waals surface area contributed by atoms with Crippen molar-refractivity contribution in [1.82, 2.24) is 0 Å². The summed E-state index contributed by atoms with van der Waals surface area (Å²) in [5.41, 5.74) is 0.322. The van der Waals surface area contributed by atoms with Crippen LogP contribution in [0.3, 0.4) is 0 Å². The first-order valence-electron chi connectivity index (χ1n) is 7.71. The third-order valence-corrected chi connectivity index (χ3v) is 4.27. The molecular formula is C19H20O5.